The fourth-order valence-corrected chi connectivity index (χ4v) is 4.42. The minimum Gasteiger partial charge on any atom is -0.359 e. The molecule has 0 atom stereocenters. The lowest BCUT2D eigenvalue weighted by atomic mass is 10.0. The zero-order valence-electron chi connectivity index (χ0n) is 16.6. The van der Waals surface area contributed by atoms with Crippen molar-refractivity contribution in [2.75, 3.05) is 18.9 Å². The molecule has 6 heteroatoms. The Labute approximate surface area is 177 Å². The van der Waals surface area contributed by atoms with Gasteiger partial charge < -0.3 is 10.1 Å². The number of carbonyl (C=O) groups excluding carboxylic acids is 1. The van der Waals surface area contributed by atoms with E-state index in [2.05, 4.69) is 5.32 Å². The summed E-state index contributed by atoms with van der Waals surface area (Å²) in [7, 11) is -3.34. The zero-order valence-corrected chi connectivity index (χ0v) is 17.4. The quantitative estimate of drug-likeness (QED) is 0.504. The van der Waals surface area contributed by atoms with Crippen LogP contribution < -0.4 is 5.32 Å². The average Bonchev–Trinajstić information content (AvgIpc) is 2.79. The van der Waals surface area contributed by atoms with E-state index in [1.54, 1.807) is 30.3 Å². The summed E-state index contributed by atoms with van der Waals surface area (Å²) in [6.07, 6.45) is -0.0133. The van der Waals surface area contributed by atoms with E-state index in [1.165, 1.54) is 0 Å². The highest BCUT2D eigenvalue weighted by Crippen LogP contribution is 2.25. The maximum Gasteiger partial charge on any atom is 0.246 e. The zero-order chi connectivity index (χ0) is 21.2. The Morgan fingerprint density at radius 1 is 0.800 bits per heavy atom. The van der Waals surface area contributed by atoms with Crippen LogP contribution in [0.25, 0.3) is 0 Å². The fraction of sp³-hybridized carbons (Fsp3) is 0.208. The summed E-state index contributed by atoms with van der Waals surface area (Å²) in [6, 6.07) is 27.8. The molecule has 3 aromatic rings. The highest BCUT2D eigenvalue weighted by Gasteiger charge is 2.17. The van der Waals surface area contributed by atoms with E-state index in [0.29, 0.717) is 11.3 Å². The summed E-state index contributed by atoms with van der Waals surface area (Å²) in [6.45, 7) is 0.162. The van der Waals surface area contributed by atoms with Gasteiger partial charge in [0.2, 0.25) is 5.91 Å². The first kappa shape index (κ1) is 21.7. The van der Waals surface area contributed by atoms with Crippen LogP contribution in [0.3, 0.4) is 0 Å². The Hall–Kier alpha value is -2.96. The second-order valence-corrected chi connectivity index (χ2v) is 8.96. The molecule has 3 rings (SSSR count). The highest BCUT2D eigenvalue weighted by atomic mass is 32.2. The Morgan fingerprint density at radius 3 is 1.83 bits per heavy atom. The Bertz CT molecular complexity index is 983. The van der Waals surface area contributed by atoms with Crippen LogP contribution in [0, 0.1) is 0 Å². The van der Waals surface area contributed by atoms with Crippen LogP contribution in [-0.4, -0.2) is 33.2 Å². The molecule has 0 radical (unpaired) electrons. The van der Waals surface area contributed by atoms with Crippen LogP contribution in [0.15, 0.2) is 95.9 Å². The first-order valence-electron chi connectivity index (χ1n) is 9.82. The number of benzene rings is 3. The molecule has 0 saturated carbocycles. The number of amides is 1. The Balaban J connectivity index is 1.49. The number of hydrogen-bond acceptors (Lipinski definition) is 4. The molecule has 0 aliphatic rings. The first-order chi connectivity index (χ1) is 14.6. The predicted octanol–water partition coefficient (Wildman–Crippen LogP) is 3.77. The lowest BCUT2D eigenvalue weighted by Crippen LogP contribution is -2.30. The summed E-state index contributed by atoms with van der Waals surface area (Å²) in [5.41, 5.74) is 1.93. The van der Waals surface area contributed by atoms with E-state index in [9.17, 15) is 13.2 Å². The molecular weight excluding hydrogens is 398 g/mol. The van der Waals surface area contributed by atoms with Crippen molar-refractivity contribution in [2.45, 2.75) is 17.4 Å². The van der Waals surface area contributed by atoms with E-state index in [-0.39, 0.29) is 30.9 Å². The second-order valence-electron chi connectivity index (χ2n) is 6.85. The van der Waals surface area contributed by atoms with Gasteiger partial charge in [-0.05, 0) is 29.7 Å². The van der Waals surface area contributed by atoms with E-state index >= 15 is 0 Å². The standard InChI is InChI=1S/C24H25NO4S/c26-23(25-17-10-18-30(27,28)22-15-8-3-9-16-22)19-29-24(20-11-4-1-5-12-20)21-13-6-2-7-14-21/h1-9,11-16,24H,10,17-19H2,(H,25,26). The molecule has 156 valence electrons. The Kier molecular flexibility index (Phi) is 7.76. The molecule has 0 spiro atoms. The van der Waals surface area contributed by atoms with Gasteiger partial charge in [-0.1, -0.05) is 78.9 Å². The molecule has 0 aliphatic carbocycles. The molecule has 5 nitrogen and oxygen atoms in total. The van der Waals surface area contributed by atoms with E-state index < -0.39 is 9.84 Å². The van der Waals surface area contributed by atoms with Crippen LogP contribution in [0.1, 0.15) is 23.7 Å². The third-order valence-electron chi connectivity index (χ3n) is 4.60. The average molecular weight is 424 g/mol. The van der Waals surface area contributed by atoms with Crippen molar-refractivity contribution in [2.24, 2.45) is 0 Å². The maximum absolute atomic E-state index is 12.3. The van der Waals surface area contributed by atoms with Crippen LogP contribution in [0.4, 0.5) is 0 Å². The molecule has 0 aromatic heterocycles. The van der Waals surface area contributed by atoms with Crippen LogP contribution in [-0.2, 0) is 19.4 Å². The van der Waals surface area contributed by atoms with Crippen molar-refractivity contribution in [3.8, 4) is 0 Å². The molecule has 0 fully saturated rings. The SMILES string of the molecule is O=C(COC(c1ccccc1)c1ccccc1)NCCCS(=O)(=O)c1ccccc1. The van der Waals surface area contributed by atoms with Crippen LogP contribution >= 0.6 is 0 Å². The van der Waals surface area contributed by atoms with Crippen LogP contribution in [0.2, 0.25) is 0 Å². The van der Waals surface area contributed by atoms with Gasteiger partial charge in [-0.25, -0.2) is 8.42 Å². The summed E-state index contributed by atoms with van der Waals surface area (Å²) in [4.78, 5) is 12.5. The molecule has 0 aliphatic heterocycles. The summed E-state index contributed by atoms with van der Waals surface area (Å²) < 4.78 is 30.4. The summed E-state index contributed by atoms with van der Waals surface area (Å²) in [5.74, 6) is -0.293. The number of ether oxygens (including phenoxy) is 1. The highest BCUT2D eigenvalue weighted by molar-refractivity contribution is 7.91. The van der Waals surface area contributed by atoms with E-state index in [4.69, 9.17) is 4.74 Å². The number of rotatable bonds is 10. The molecule has 3 aromatic carbocycles. The molecular formula is C24H25NO4S. The van der Waals surface area contributed by atoms with Crippen molar-refractivity contribution >= 4 is 15.7 Å². The lowest BCUT2D eigenvalue weighted by molar-refractivity contribution is -0.127. The molecule has 0 bridgehead atoms. The van der Waals surface area contributed by atoms with Gasteiger partial charge in [0.05, 0.1) is 10.6 Å². The smallest absolute Gasteiger partial charge is 0.246 e. The largest absolute Gasteiger partial charge is 0.359 e. The van der Waals surface area contributed by atoms with Crippen molar-refractivity contribution in [1.29, 1.82) is 0 Å². The molecule has 1 amide bonds. The third-order valence-corrected chi connectivity index (χ3v) is 6.42. The minimum atomic E-state index is -3.34. The predicted molar refractivity (Wildman–Crippen MR) is 117 cm³/mol. The molecule has 0 heterocycles. The number of nitrogens with one attached hydrogen (secondary N) is 1. The third kappa shape index (κ3) is 6.27. The second kappa shape index (κ2) is 10.7. The normalized spacial score (nSPS) is 11.4. The van der Waals surface area contributed by atoms with Gasteiger partial charge in [-0.2, -0.15) is 0 Å². The molecule has 0 saturated heterocycles. The molecule has 30 heavy (non-hydrogen) atoms. The monoisotopic (exact) mass is 423 g/mol. The van der Waals surface area contributed by atoms with Gasteiger partial charge in [-0.3, -0.25) is 4.79 Å². The summed E-state index contributed by atoms with van der Waals surface area (Å²) >= 11 is 0. The topological polar surface area (TPSA) is 72.5 Å². The lowest BCUT2D eigenvalue weighted by Gasteiger charge is -2.18. The first-order valence-corrected chi connectivity index (χ1v) is 11.5. The van der Waals surface area contributed by atoms with Crippen LogP contribution in [0.5, 0.6) is 0 Å². The van der Waals surface area contributed by atoms with Gasteiger partial charge in [0, 0.05) is 6.54 Å². The van der Waals surface area contributed by atoms with Gasteiger partial charge >= 0.3 is 0 Å². The van der Waals surface area contributed by atoms with Gasteiger partial charge in [-0.15, -0.1) is 0 Å². The van der Waals surface area contributed by atoms with Gasteiger partial charge in [0.15, 0.2) is 9.84 Å². The molecule has 1 N–H and O–H groups in total. The van der Waals surface area contributed by atoms with E-state index in [1.807, 2.05) is 60.7 Å². The van der Waals surface area contributed by atoms with Crippen molar-refractivity contribution in [1.82, 2.24) is 5.32 Å². The molecule has 0 unspecified atom stereocenters. The number of carbonyl (C=O) groups is 1. The van der Waals surface area contributed by atoms with Gasteiger partial charge in [0.25, 0.3) is 0 Å². The minimum absolute atomic E-state index is 0.0190. The van der Waals surface area contributed by atoms with E-state index in [0.717, 1.165) is 11.1 Å². The number of sulfone groups is 1. The maximum atomic E-state index is 12.3. The fourth-order valence-electron chi connectivity index (χ4n) is 3.09. The van der Waals surface area contributed by atoms with Crippen molar-refractivity contribution in [3.63, 3.8) is 0 Å². The van der Waals surface area contributed by atoms with Crippen molar-refractivity contribution in [3.05, 3.63) is 102 Å². The van der Waals surface area contributed by atoms with Crippen molar-refractivity contribution < 1.29 is 17.9 Å². The number of hydrogen-bond donors (Lipinski definition) is 1. The summed E-state index contributed by atoms with van der Waals surface area (Å²) in [5, 5.41) is 2.74. The van der Waals surface area contributed by atoms with Gasteiger partial charge in [0.1, 0.15) is 12.7 Å². The Morgan fingerprint density at radius 2 is 1.30 bits per heavy atom.